The van der Waals surface area contributed by atoms with Gasteiger partial charge in [-0.2, -0.15) is 0 Å². The number of sulfone groups is 1. The van der Waals surface area contributed by atoms with Crippen molar-refractivity contribution in [1.29, 1.82) is 0 Å². The fraction of sp³-hybridized carbons (Fsp3) is 0.0667. The normalized spacial score (nSPS) is 11.7. The monoisotopic (exact) mass is 332 g/mol. The van der Waals surface area contributed by atoms with E-state index >= 15 is 0 Å². The van der Waals surface area contributed by atoms with Gasteiger partial charge in [0.2, 0.25) is 0 Å². The average molecular weight is 332 g/mol. The second-order valence-corrected chi connectivity index (χ2v) is 7.90. The van der Waals surface area contributed by atoms with Crippen molar-refractivity contribution < 1.29 is 13.2 Å². The molecule has 3 aromatic rings. The van der Waals surface area contributed by atoms with E-state index in [1.54, 1.807) is 36.5 Å². The molecular formula is C15H12N2O3S2. The van der Waals surface area contributed by atoms with Crippen LogP contribution in [0, 0.1) is 0 Å². The topological polar surface area (TPSA) is 90.1 Å². The molecule has 0 radical (unpaired) electrons. The van der Waals surface area contributed by atoms with Gasteiger partial charge in [0, 0.05) is 17.8 Å². The quantitative estimate of drug-likeness (QED) is 0.798. The molecule has 2 N–H and O–H groups in total. The Hall–Kier alpha value is -2.25. The maximum atomic E-state index is 11.5. The molecule has 1 amide bonds. The Morgan fingerprint density at radius 3 is 2.45 bits per heavy atom. The van der Waals surface area contributed by atoms with Crippen molar-refractivity contribution >= 4 is 37.3 Å². The number of carbonyl (C=O) groups is 1. The third-order valence-corrected chi connectivity index (χ3v) is 5.46. The number of thiophene rings is 1. The Labute approximate surface area is 131 Å². The van der Waals surface area contributed by atoms with Crippen molar-refractivity contribution in [2.24, 2.45) is 5.73 Å². The number of primary amides is 1. The molecule has 3 rings (SSSR count). The van der Waals surface area contributed by atoms with Crippen LogP contribution in [0.15, 0.2) is 47.5 Å². The molecule has 0 bridgehead atoms. The fourth-order valence-corrected chi connectivity index (χ4v) is 3.70. The van der Waals surface area contributed by atoms with E-state index in [0.717, 1.165) is 21.3 Å². The molecule has 7 heteroatoms. The minimum absolute atomic E-state index is 0.268. The summed E-state index contributed by atoms with van der Waals surface area (Å²) in [7, 11) is -3.22. The van der Waals surface area contributed by atoms with Crippen LogP contribution >= 0.6 is 11.3 Å². The largest absolute Gasteiger partial charge is 0.365 e. The standard InChI is InChI=1S/C15H12N2O3S2/c1-22(19,20)10-4-2-9(3-5-10)11-6-7-17-15-12(11)8-13(21-15)14(16)18/h2-8H,1H3,(H2,16,18). The molecule has 5 nitrogen and oxygen atoms in total. The summed E-state index contributed by atoms with van der Waals surface area (Å²) >= 11 is 1.24. The second kappa shape index (κ2) is 5.19. The molecule has 0 spiro atoms. The number of hydrogen-bond acceptors (Lipinski definition) is 5. The van der Waals surface area contributed by atoms with Gasteiger partial charge < -0.3 is 5.73 Å². The molecule has 2 aromatic heterocycles. The number of nitrogens with zero attached hydrogens (tertiary/aromatic N) is 1. The van der Waals surface area contributed by atoms with E-state index in [1.807, 2.05) is 6.07 Å². The number of fused-ring (bicyclic) bond motifs is 1. The Balaban J connectivity index is 2.15. The highest BCUT2D eigenvalue weighted by Crippen LogP contribution is 2.33. The van der Waals surface area contributed by atoms with Crippen LogP contribution in [0.1, 0.15) is 9.67 Å². The summed E-state index contributed by atoms with van der Waals surface area (Å²) in [4.78, 5) is 17.0. The zero-order valence-corrected chi connectivity index (χ0v) is 13.2. The maximum absolute atomic E-state index is 11.5. The minimum atomic E-state index is -3.22. The molecule has 1 aromatic carbocycles. The Morgan fingerprint density at radius 1 is 1.18 bits per heavy atom. The third-order valence-electron chi connectivity index (χ3n) is 3.27. The highest BCUT2D eigenvalue weighted by molar-refractivity contribution is 7.90. The predicted octanol–water partition coefficient (Wildman–Crippen LogP) is 2.47. The summed E-state index contributed by atoms with van der Waals surface area (Å²) in [6, 6.07) is 10.2. The lowest BCUT2D eigenvalue weighted by molar-refractivity contribution is 0.100. The second-order valence-electron chi connectivity index (χ2n) is 4.85. The number of aromatic nitrogens is 1. The molecule has 0 unspecified atom stereocenters. The molecule has 2 heterocycles. The van der Waals surface area contributed by atoms with Crippen molar-refractivity contribution in [3.8, 4) is 11.1 Å². The van der Waals surface area contributed by atoms with Crippen LogP contribution in [0.4, 0.5) is 0 Å². The lowest BCUT2D eigenvalue weighted by Gasteiger charge is -2.04. The van der Waals surface area contributed by atoms with Crippen LogP contribution < -0.4 is 5.73 Å². The summed E-state index contributed by atoms with van der Waals surface area (Å²) in [6.07, 6.45) is 2.83. The van der Waals surface area contributed by atoms with Gasteiger partial charge in [-0.1, -0.05) is 12.1 Å². The number of carbonyl (C=O) groups excluding carboxylic acids is 1. The van der Waals surface area contributed by atoms with Crippen LogP contribution in [0.2, 0.25) is 0 Å². The van der Waals surface area contributed by atoms with Crippen LogP contribution in [0.3, 0.4) is 0 Å². The molecule has 0 saturated carbocycles. The lowest BCUT2D eigenvalue weighted by atomic mass is 10.0. The summed E-state index contributed by atoms with van der Waals surface area (Å²) in [5.41, 5.74) is 7.05. The number of hydrogen-bond donors (Lipinski definition) is 1. The fourth-order valence-electron chi connectivity index (χ4n) is 2.19. The van der Waals surface area contributed by atoms with Gasteiger partial charge in [-0.25, -0.2) is 13.4 Å². The summed E-state index contributed by atoms with van der Waals surface area (Å²) in [5, 5.41) is 0.827. The van der Waals surface area contributed by atoms with E-state index in [4.69, 9.17) is 5.73 Å². The van der Waals surface area contributed by atoms with Gasteiger partial charge in [0.05, 0.1) is 9.77 Å². The average Bonchev–Trinajstić information content (AvgIpc) is 2.90. The van der Waals surface area contributed by atoms with Gasteiger partial charge in [0.25, 0.3) is 5.91 Å². The van der Waals surface area contributed by atoms with E-state index < -0.39 is 15.7 Å². The van der Waals surface area contributed by atoms with Gasteiger partial charge >= 0.3 is 0 Å². The summed E-state index contributed by atoms with van der Waals surface area (Å²) < 4.78 is 23.0. The SMILES string of the molecule is CS(=O)(=O)c1ccc(-c2ccnc3sc(C(N)=O)cc23)cc1. The number of rotatable bonds is 3. The number of nitrogens with two attached hydrogens (primary N) is 1. The van der Waals surface area contributed by atoms with Gasteiger partial charge in [0.1, 0.15) is 4.83 Å². The molecule has 0 saturated heterocycles. The highest BCUT2D eigenvalue weighted by Gasteiger charge is 2.13. The van der Waals surface area contributed by atoms with Crippen LogP contribution in [-0.4, -0.2) is 25.6 Å². The van der Waals surface area contributed by atoms with E-state index in [-0.39, 0.29) is 4.90 Å². The van der Waals surface area contributed by atoms with E-state index in [2.05, 4.69) is 4.98 Å². The van der Waals surface area contributed by atoms with Gasteiger partial charge in [0.15, 0.2) is 9.84 Å². The van der Waals surface area contributed by atoms with Crippen molar-refractivity contribution in [2.75, 3.05) is 6.26 Å². The van der Waals surface area contributed by atoms with Crippen LogP contribution in [0.25, 0.3) is 21.3 Å². The first-order chi connectivity index (χ1) is 10.4. The first-order valence-electron chi connectivity index (χ1n) is 6.35. The van der Waals surface area contributed by atoms with Crippen molar-refractivity contribution in [3.63, 3.8) is 0 Å². The summed E-state index contributed by atoms with van der Waals surface area (Å²) in [5.74, 6) is -0.485. The van der Waals surface area contributed by atoms with Crippen molar-refractivity contribution in [3.05, 3.63) is 47.5 Å². The smallest absolute Gasteiger partial charge is 0.258 e. The zero-order chi connectivity index (χ0) is 15.9. The first kappa shape index (κ1) is 14.7. The summed E-state index contributed by atoms with van der Waals surface area (Å²) in [6.45, 7) is 0. The molecule has 0 aliphatic carbocycles. The third kappa shape index (κ3) is 2.60. The highest BCUT2D eigenvalue weighted by atomic mass is 32.2. The van der Waals surface area contributed by atoms with Crippen LogP contribution in [0.5, 0.6) is 0 Å². The van der Waals surface area contributed by atoms with Crippen molar-refractivity contribution in [1.82, 2.24) is 4.98 Å². The Morgan fingerprint density at radius 2 is 1.86 bits per heavy atom. The maximum Gasteiger partial charge on any atom is 0.258 e. The van der Waals surface area contributed by atoms with E-state index in [0.29, 0.717) is 4.88 Å². The molecule has 112 valence electrons. The van der Waals surface area contributed by atoms with Crippen LogP contribution in [-0.2, 0) is 9.84 Å². The lowest BCUT2D eigenvalue weighted by Crippen LogP contribution is -2.08. The zero-order valence-electron chi connectivity index (χ0n) is 11.6. The molecule has 0 atom stereocenters. The number of pyridine rings is 1. The number of amides is 1. The Kier molecular flexibility index (Phi) is 3.46. The Bertz CT molecular complexity index is 974. The molecular weight excluding hydrogens is 320 g/mol. The predicted molar refractivity (Wildman–Crippen MR) is 86.7 cm³/mol. The van der Waals surface area contributed by atoms with E-state index in [9.17, 15) is 13.2 Å². The van der Waals surface area contributed by atoms with E-state index in [1.165, 1.54) is 17.6 Å². The molecule has 0 aliphatic heterocycles. The number of benzene rings is 1. The minimum Gasteiger partial charge on any atom is -0.365 e. The van der Waals surface area contributed by atoms with Gasteiger partial charge in [-0.3, -0.25) is 4.79 Å². The van der Waals surface area contributed by atoms with Gasteiger partial charge in [-0.15, -0.1) is 11.3 Å². The first-order valence-corrected chi connectivity index (χ1v) is 9.06. The molecule has 22 heavy (non-hydrogen) atoms. The molecule has 0 aliphatic rings. The molecule has 0 fully saturated rings. The van der Waals surface area contributed by atoms with Crippen molar-refractivity contribution in [2.45, 2.75) is 4.90 Å². The van der Waals surface area contributed by atoms with Gasteiger partial charge in [-0.05, 0) is 35.4 Å².